The summed E-state index contributed by atoms with van der Waals surface area (Å²) >= 11 is 11.7. The van der Waals surface area contributed by atoms with Crippen LogP contribution in [0.3, 0.4) is 0 Å². The lowest BCUT2D eigenvalue weighted by molar-refractivity contribution is -0.142. The molecule has 3 atom stereocenters. The third-order valence-electron chi connectivity index (χ3n) is 4.45. The van der Waals surface area contributed by atoms with Crippen LogP contribution in [0.15, 0.2) is 12.1 Å². The number of rotatable bonds is 2. The van der Waals surface area contributed by atoms with Crippen LogP contribution in [-0.4, -0.2) is 39.5 Å². The largest absolute Gasteiger partial charge is 0.480 e. The Kier molecular flexibility index (Phi) is 3.80. The van der Waals surface area contributed by atoms with Crippen LogP contribution in [0.25, 0.3) is 0 Å². The van der Waals surface area contributed by atoms with Crippen molar-refractivity contribution in [3.63, 3.8) is 0 Å². The minimum Gasteiger partial charge on any atom is -0.480 e. The monoisotopic (exact) mass is 328 g/mol. The van der Waals surface area contributed by atoms with Crippen LogP contribution in [0.4, 0.5) is 0 Å². The fraction of sp³-hybridized carbons (Fsp3) is 0.500. The van der Waals surface area contributed by atoms with Crippen molar-refractivity contribution < 1.29 is 14.7 Å². The second-order valence-electron chi connectivity index (χ2n) is 5.57. The van der Waals surface area contributed by atoms with Gasteiger partial charge in [0.05, 0.1) is 5.56 Å². The van der Waals surface area contributed by atoms with Crippen LogP contribution in [0, 0.1) is 11.8 Å². The second kappa shape index (κ2) is 5.46. The summed E-state index contributed by atoms with van der Waals surface area (Å²) in [7, 11) is 0. The summed E-state index contributed by atoms with van der Waals surface area (Å²) in [5.41, 5.74) is 0.201. The number of aromatic nitrogens is 1. The summed E-state index contributed by atoms with van der Waals surface area (Å²) in [4.78, 5) is 29.5. The summed E-state index contributed by atoms with van der Waals surface area (Å²) in [5, 5.41) is 9.68. The van der Waals surface area contributed by atoms with Gasteiger partial charge in [-0.25, -0.2) is 9.78 Å². The minimum atomic E-state index is -0.948. The van der Waals surface area contributed by atoms with Crippen molar-refractivity contribution in [3.8, 4) is 0 Å². The molecule has 0 radical (unpaired) electrons. The average molecular weight is 329 g/mol. The maximum atomic E-state index is 12.6. The van der Waals surface area contributed by atoms with Crippen molar-refractivity contribution in [3.05, 3.63) is 28.0 Å². The van der Waals surface area contributed by atoms with Crippen LogP contribution in [0.2, 0.25) is 10.3 Å². The Morgan fingerprint density at radius 2 is 2.05 bits per heavy atom. The Morgan fingerprint density at radius 1 is 1.29 bits per heavy atom. The van der Waals surface area contributed by atoms with Crippen molar-refractivity contribution in [1.82, 2.24) is 9.88 Å². The quantitative estimate of drug-likeness (QED) is 0.847. The zero-order valence-corrected chi connectivity index (χ0v) is 12.6. The standard InChI is InChI=1S/C14H14Cl2N2O3/c15-10-5-4-9(12(16)17-10)13(19)18-6-7-2-1-3-8(7)11(18)14(20)21/h4-5,7-8,11H,1-3,6H2,(H,20,21). The van der Waals surface area contributed by atoms with E-state index < -0.39 is 12.0 Å². The molecule has 7 heteroatoms. The highest BCUT2D eigenvalue weighted by atomic mass is 35.5. The molecular formula is C14H14Cl2N2O3. The number of carbonyl (C=O) groups excluding carboxylic acids is 1. The van der Waals surface area contributed by atoms with E-state index >= 15 is 0 Å². The van der Waals surface area contributed by atoms with Crippen molar-refractivity contribution >= 4 is 35.1 Å². The molecule has 5 nitrogen and oxygen atoms in total. The molecule has 3 unspecified atom stereocenters. The van der Waals surface area contributed by atoms with E-state index in [1.807, 2.05) is 0 Å². The van der Waals surface area contributed by atoms with E-state index in [2.05, 4.69) is 4.98 Å². The molecule has 1 aliphatic carbocycles. The lowest BCUT2D eigenvalue weighted by Crippen LogP contribution is -2.43. The van der Waals surface area contributed by atoms with Gasteiger partial charge in [0.25, 0.3) is 5.91 Å². The third-order valence-corrected chi connectivity index (χ3v) is 4.95. The van der Waals surface area contributed by atoms with E-state index in [0.29, 0.717) is 6.54 Å². The van der Waals surface area contributed by atoms with E-state index in [-0.39, 0.29) is 33.6 Å². The molecule has 21 heavy (non-hydrogen) atoms. The van der Waals surface area contributed by atoms with Crippen LogP contribution in [0.1, 0.15) is 29.6 Å². The summed E-state index contributed by atoms with van der Waals surface area (Å²) in [6.45, 7) is 0.472. The van der Waals surface area contributed by atoms with Gasteiger partial charge in [-0.05, 0) is 36.8 Å². The highest BCUT2D eigenvalue weighted by molar-refractivity contribution is 6.34. The van der Waals surface area contributed by atoms with Crippen molar-refractivity contribution in [2.75, 3.05) is 6.54 Å². The van der Waals surface area contributed by atoms with Gasteiger partial charge in [0.2, 0.25) is 0 Å². The van der Waals surface area contributed by atoms with Crippen LogP contribution in [0.5, 0.6) is 0 Å². The number of likely N-dealkylation sites (tertiary alicyclic amines) is 1. The molecule has 3 rings (SSSR count). The van der Waals surface area contributed by atoms with Crippen molar-refractivity contribution in [2.24, 2.45) is 11.8 Å². The SMILES string of the molecule is O=C(O)C1C2CCCC2CN1C(=O)c1ccc(Cl)nc1Cl. The molecule has 1 aromatic rings. The number of pyridine rings is 1. The summed E-state index contributed by atoms with van der Waals surface area (Å²) in [6, 6.07) is 2.21. The average Bonchev–Trinajstić information content (AvgIpc) is 2.96. The Bertz CT molecular complexity index is 608. The molecule has 1 aliphatic heterocycles. The maximum Gasteiger partial charge on any atom is 0.326 e. The number of carboxylic acids is 1. The highest BCUT2D eigenvalue weighted by Gasteiger charge is 2.49. The fourth-order valence-electron chi connectivity index (χ4n) is 3.56. The first-order chi connectivity index (χ1) is 9.99. The Balaban J connectivity index is 1.91. The fourth-order valence-corrected chi connectivity index (χ4v) is 3.98. The minimum absolute atomic E-state index is 0.00805. The van der Waals surface area contributed by atoms with E-state index in [4.69, 9.17) is 23.2 Å². The summed E-state index contributed by atoms with van der Waals surface area (Å²) in [5.74, 6) is -1.01. The molecule has 0 spiro atoms. The zero-order chi connectivity index (χ0) is 15.1. The van der Waals surface area contributed by atoms with Gasteiger partial charge in [0.15, 0.2) is 0 Å². The van der Waals surface area contributed by atoms with E-state index in [1.54, 1.807) is 0 Å². The number of carbonyl (C=O) groups is 2. The van der Waals surface area contributed by atoms with Gasteiger partial charge in [-0.2, -0.15) is 0 Å². The van der Waals surface area contributed by atoms with Gasteiger partial charge in [0, 0.05) is 6.54 Å². The second-order valence-corrected chi connectivity index (χ2v) is 6.31. The van der Waals surface area contributed by atoms with Gasteiger partial charge < -0.3 is 10.0 Å². The molecule has 1 saturated heterocycles. The lowest BCUT2D eigenvalue weighted by Gasteiger charge is -2.24. The molecule has 2 fully saturated rings. The first kappa shape index (κ1) is 14.6. The molecule has 0 aromatic carbocycles. The van der Waals surface area contributed by atoms with Gasteiger partial charge >= 0.3 is 5.97 Å². The zero-order valence-electron chi connectivity index (χ0n) is 11.1. The molecule has 112 valence electrons. The number of nitrogens with zero attached hydrogens (tertiary/aromatic N) is 2. The van der Waals surface area contributed by atoms with Crippen LogP contribution < -0.4 is 0 Å². The summed E-state index contributed by atoms with van der Waals surface area (Å²) < 4.78 is 0. The first-order valence-electron chi connectivity index (χ1n) is 6.85. The number of fused-ring (bicyclic) bond motifs is 1. The van der Waals surface area contributed by atoms with Crippen molar-refractivity contribution in [2.45, 2.75) is 25.3 Å². The smallest absolute Gasteiger partial charge is 0.326 e. The van der Waals surface area contributed by atoms with Gasteiger partial charge in [-0.3, -0.25) is 4.79 Å². The lowest BCUT2D eigenvalue weighted by atomic mass is 9.94. The Morgan fingerprint density at radius 3 is 2.71 bits per heavy atom. The number of carboxylic acid groups (broad SMARTS) is 1. The molecule has 2 heterocycles. The number of aliphatic carboxylic acids is 1. The van der Waals surface area contributed by atoms with Gasteiger partial charge in [-0.15, -0.1) is 0 Å². The molecule has 1 N–H and O–H groups in total. The maximum absolute atomic E-state index is 12.6. The molecule has 1 amide bonds. The predicted octanol–water partition coefficient (Wildman–Crippen LogP) is 2.71. The number of hydrogen-bond acceptors (Lipinski definition) is 3. The normalized spacial score (nSPS) is 27.7. The molecule has 1 aromatic heterocycles. The molecule has 2 aliphatic rings. The van der Waals surface area contributed by atoms with Crippen LogP contribution >= 0.6 is 23.2 Å². The Hall–Kier alpha value is -1.33. The highest BCUT2D eigenvalue weighted by Crippen LogP contribution is 2.43. The van der Waals surface area contributed by atoms with Gasteiger partial charge in [-0.1, -0.05) is 29.6 Å². The Labute approximate surface area is 131 Å². The van der Waals surface area contributed by atoms with E-state index in [0.717, 1.165) is 19.3 Å². The molecular weight excluding hydrogens is 315 g/mol. The molecule has 0 bridgehead atoms. The first-order valence-corrected chi connectivity index (χ1v) is 7.60. The number of hydrogen-bond donors (Lipinski definition) is 1. The predicted molar refractivity (Wildman–Crippen MR) is 77.5 cm³/mol. The summed E-state index contributed by atoms with van der Waals surface area (Å²) in [6.07, 6.45) is 2.87. The van der Waals surface area contributed by atoms with Crippen molar-refractivity contribution in [1.29, 1.82) is 0 Å². The third kappa shape index (κ3) is 2.49. The van der Waals surface area contributed by atoms with Gasteiger partial charge in [0.1, 0.15) is 16.3 Å². The van der Waals surface area contributed by atoms with E-state index in [9.17, 15) is 14.7 Å². The molecule has 1 saturated carbocycles. The number of amides is 1. The van der Waals surface area contributed by atoms with E-state index in [1.165, 1.54) is 17.0 Å². The number of halogens is 2. The van der Waals surface area contributed by atoms with Crippen LogP contribution in [-0.2, 0) is 4.79 Å². The topological polar surface area (TPSA) is 70.5 Å².